The quantitative estimate of drug-likeness (QED) is 0.246. The number of hydrogen-bond acceptors (Lipinski definition) is 4. The number of benzene rings is 3. The number of halogens is 2. The maximum Gasteiger partial charge on any atom is 0.264 e. The van der Waals surface area contributed by atoms with Crippen LogP contribution in [-0.4, -0.2) is 31.7 Å². The van der Waals surface area contributed by atoms with E-state index >= 15 is 0 Å². The summed E-state index contributed by atoms with van der Waals surface area (Å²) in [6.45, 7) is 3.15. The molecule has 0 saturated carbocycles. The van der Waals surface area contributed by atoms with Gasteiger partial charge in [-0.3, -0.25) is 9.10 Å². The molecule has 7 nitrogen and oxygen atoms in total. The molecule has 0 atom stereocenters. The van der Waals surface area contributed by atoms with E-state index in [2.05, 4.69) is 10.5 Å². The van der Waals surface area contributed by atoms with E-state index in [1.54, 1.807) is 53.1 Å². The van der Waals surface area contributed by atoms with E-state index in [0.29, 0.717) is 16.3 Å². The normalized spacial score (nSPS) is 11.6. The molecule has 10 heteroatoms. The fourth-order valence-corrected chi connectivity index (χ4v) is 5.47. The van der Waals surface area contributed by atoms with E-state index in [1.165, 1.54) is 36.5 Å². The smallest absolute Gasteiger partial charge is 0.264 e. The zero-order valence-corrected chi connectivity index (χ0v) is 21.7. The number of hydrazone groups is 1. The largest absolute Gasteiger partial charge is 0.315 e. The molecule has 1 aromatic heterocycles. The molecular weight excluding hydrogens is 515 g/mol. The molecular formula is C27H24ClFN4O3S. The van der Waals surface area contributed by atoms with Crippen molar-refractivity contribution in [3.8, 4) is 5.69 Å². The summed E-state index contributed by atoms with van der Waals surface area (Å²) in [5, 5.41) is 4.45. The molecule has 37 heavy (non-hydrogen) atoms. The minimum Gasteiger partial charge on any atom is -0.315 e. The Balaban J connectivity index is 1.55. The Morgan fingerprint density at radius 1 is 1.03 bits per heavy atom. The van der Waals surface area contributed by atoms with Crippen molar-refractivity contribution >= 4 is 39.4 Å². The van der Waals surface area contributed by atoms with Crippen molar-refractivity contribution in [2.75, 3.05) is 10.8 Å². The Kier molecular flexibility index (Phi) is 7.75. The summed E-state index contributed by atoms with van der Waals surface area (Å²) in [4.78, 5) is 12.8. The highest BCUT2D eigenvalue weighted by atomic mass is 35.5. The topological polar surface area (TPSA) is 83.8 Å². The summed E-state index contributed by atoms with van der Waals surface area (Å²) < 4.78 is 43.8. The van der Waals surface area contributed by atoms with E-state index in [1.807, 2.05) is 19.9 Å². The second-order valence-corrected chi connectivity index (χ2v) is 10.5. The number of carbonyl (C=O) groups is 1. The number of nitrogens with zero attached hydrogens (tertiary/aromatic N) is 3. The zero-order valence-electron chi connectivity index (χ0n) is 20.1. The van der Waals surface area contributed by atoms with Gasteiger partial charge in [-0.1, -0.05) is 41.9 Å². The van der Waals surface area contributed by atoms with Crippen LogP contribution in [-0.2, 0) is 14.8 Å². The predicted octanol–water partition coefficient (Wildman–Crippen LogP) is 5.23. The van der Waals surface area contributed by atoms with Gasteiger partial charge in [0.2, 0.25) is 0 Å². The van der Waals surface area contributed by atoms with Crippen molar-refractivity contribution in [3.63, 3.8) is 0 Å². The van der Waals surface area contributed by atoms with Crippen LogP contribution in [0.3, 0.4) is 0 Å². The van der Waals surface area contributed by atoms with Crippen LogP contribution in [0.2, 0.25) is 5.02 Å². The average molecular weight is 539 g/mol. The molecule has 1 heterocycles. The molecule has 0 aliphatic heterocycles. The van der Waals surface area contributed by atoms with E-state index in [4.69, 9.17) is 11.6 Å². The molecule has 1 amide bonds. The highest BCUT2D eigenvalue weighted by Gasteiger charge is 2.27. The molecule has 0 radical (unpaired) electrons. The number of carbonyl (C=O) groups excluding carboxylic acids is 1. The number of anilines is 1. The molecule has 0 aliphatic carbocycles. The summed E-state index contributed by atoms with van der Waals surface area (Å²) in [5.41, 5.74) is 5.27. The Bertz CT molecular complexity index is 1550. The first kappa shape index (κ1) is 26.1. The third-order valence-electron chi connectivity index (χ3n) is 5.69. The van der Waals surface area contributed by atoms with Gasteiger partial charge in [0.05, 0.1) is 22.5 Å². The van der Waals surface area contributed by atoms with Crippen LogP contribution in [0.15, 0.2) is 94.9 Å². The maximum absolute atomic E-state index is 14.3. The molecule has 0 fully saturated rings. The molecule has 0 spiro atoms. The first-order valence-electron chi connectivity index (χ1n) is 11.3. The van der Waals surface area contributed by atoms with Gasteiger partial charge in [0.25, 0.3) is 15.9 Å². The molecule has 4 aromatic rings. The molecule has 3 aromatic carbocycles. The number of sulfonamides is 1. The van der Waals surface area contributed by atoms with Crippen LogP contribution in [0, 0.1) is 19.7 Å². The lowest BCUT2D eigenvalue weighted by atomic mass is 10.2. The van der Waals surface area contributed by atoms with Gasteiger partial charge < -0.3 is 4.57 Å². The Morgan fingerprint density at radius 3 is 2.35 bits per heavy atom. The van der Waals surface area contributed by atoms with E-state index in [-0.39, 0.29) is 16.4 Å². The van der Waals surface area contributed by atoms with Gasteiger partial charge >= 0.3 is 0 Å². The lowest BCUT2D eigenvalue weighted by molar-refractivity contribution is -0.119. The lowest BCUT2D eigenvalue weighted by Crippen LogP contribution is -2.39. The molecule has 1 N–H and O–H groups in total. The van der Waals surface area contributed by atoms with E-state index < -0.39 is 22.5 Å². The van der Waals surface area contributed by atoms with Crippen LogP contribution < -0.4 is 9.73 Å². The Labute approximate surface area is 219 Å². The third-order valence-corrected chi connectivity index (χ3v) is 7.73. The summed E-state index contributed by atoms with van der Waals surface area (Å²) in [6, 6.07) is 22.2. The van der Waals surface area contributed by atoms with Gasteiger partial charge in [0, 0.05) is 22.0 Å². The van der Waals surface area contributed by atoms with Crippen LogP contribution in [0.4, 0.5) is 10.1 Å². The number of hydrogen-bond donors (Lipinski definition) is 1. The molecule has 0 saturated heterocycles. The van der Waals surface area contributed by atoms with E-state index in [9.17, 15) is 17.6 Å². The van der Waals surface area contributed by atoms with Gasteiger partial charge in [-0.15, -0.1) is 0 Å². The number of aromatic nitrogens is 1. The van der Waals surface area contributed by atoms with Gasteiger partial charge in [-0.2, -0.15) is 5.10 Å². The molecule has 4 rings (SSSR count). The third kappa shape index (κ3) is 5.73. The lowest BCUT2D eigenvalue weighted by Gasteiger charge is -2.23. The molecule has 0 unspecified atom stereocenters. The maximum atomic E-state index is 14.3. The minimum absolute atomic E-state index is 0.0434. The number of aryl methyl sites for hydroxylation is 1. The number of para-hydroxylation sites is 1. The monoisotopic (exact) mass is 538 g/mol. The Hall–Kier alpha value is -3.95. The second-order valence-electron chi connectivity index (χ2n) is 8.21. The highest BCUT2D eigenvalue weighted by molar-refractivity contribution is 7.92. The van der Waals surface area contributed by atoms with Crippen molar-refractivity contribution in [1.82, 2.24) is 9.99 Å². The van der Waals surface area contributed by atoms with Crippen LogP contribution in [0.5, 0.6) is 0 Å². The van der Waals surface area contributed by atoms with Gasteiger partial charge in [0.1, 0.15) is 12.4 Å². The van der Waals surface area contributed by atoms with Gasteiger partial charge in [-0.25, -0.2) is 18.2 Å². The summed E-state index contributed by atoms with van der Waals surface area (Å²) in [6.07, 6.45) is 1.44. The van der Waals surface area contributed by atoms with Crippen LogP contribution in [0.25, 0.3) is 5.69 Å². The Morgan fingerprint density at radius 2 is 1.68 bits per heavy atom. The predicted molar refractivity (Wildman–Crippen MR) is 143 cm³/mol. The summed E-state index contributed by atoms with van der Waals surface area (Å²) >= 11 is 5.96. The number of rotatable bonds is 8. The number of nitrogens with one attached hydrogen (secondary N) is 1. The average Bonchev–Trinajstić information content (AvgIpc) is 3.16. The van der Waals surface area contributed by atoms with E-state index in [0.717, 1.165) is 15.7 Å². The van der Waals surface area contributed by atoms with Crippen molar-refractivity contribution < 1.29 is 17.6 Å². The van der Waals surface area contributed by atoms with Crippen LogP contribution >= 0.6 is 11.6 Å². The van der Waals surface area contributed by atoms with Crippen molar-refractivity contribution in [1.29, 1.82) is 0 Å². The molecule has 0 aliphatic rings. The summed E-state index contributed by atoms with van der Waals surface area (Å²) in [5.74, 6) is -1.00. The fourth-order valence-electron chi connectivity index (χ4n) is 3.90. The summed E-state index contributed by atoms with van der Waals surface area (Å²) in [7, 11) is -4.04. The minimum atomic E-state index is -4.04. The van der Waals surface area contributed by atoms with Crippen LogP contribution in [0.1, 0.15) is 17.0 Å². The van der Waals surface area contributed by atoms with Crippen molar-refractivity contribution in [3.05, 3.63) is 113 Å². The standard InChI is InChI=1S/C27H24ClFN4O3S/c1-19-16-21(20(2)33(19)26-11-7-6-10-25(26)29)17-30-31-27(34)18-32(23-14-12-22(28)13-15-23)37(35,36)24-8-4-3-5-9-24/h3-17H,18H2,1-2H3,(H,31,34)/b30-17+. The first-order valence-corrected chi connectivity index (χ1v) is 13.1. The second kappa shape index (κ2) is 11.0. The first-order chi connectivity index (χ1) is 17.7. The number of amides is 1. The van der Waals surface area contributed by atoms with Crippen molar-refractivity contribution in [2.24, 2.45) is 5.10 Å². The zero-order chi connectivity index (χ0) is 26.6. The SMILES string of the molecule is Cc1cc(/C=N/NC(=O)CN(c2ccc(Cl)cc2)S(=O)(=O)c2ccccc2)c(C)n1-c1ccccc1F. The molecule has 0 bridgehead atoms. The van der Waals surface area contributed by atoms with Gasteiger partial charge in [0.15, 0.2) is 0 Å². The van der Waals surface area contributed by atoms with Gasteiger partial charge in [-0.05, 0) is 68.4 Å². The van der Waals surface area contributed by atoms with Crippen molar-refractivity contribution in [2.45, 2.75) is 18.7 Å². The highest BCUT2D eigenvalue weighted by Crippen LogP contribution is 2.25. The molecule has 190 valence electrons. The fraction of sp³-hybridized carbons (Fsp3) is 0.111.